The average molecular weight is 253 g/mol. The van der Waals surface area contributed by atoms with E-state index in [-0.39, 0.29) is 6.54 Å². The van der Waals surface area contributed by atoms with Gasteiger partial charge in [0.15, 0.2) is 0 Å². The Morgan fingerprint density at radius 2 is 1.75 bits per heavy atom. The van der Waals surface area contributed by atoms with E-state index in [1.807, 2.05) is 0 Å². The summed E-state index contributed by atoms with van der Waals surface area (Å²) >= 11 is 0.542. The van der Waals surface area contributed by atoms with Gasteiger partial charge in [-0.2, -0.15) is 22.5 Å². The zero-order chi connectivity index (χ0) is 11.9. The lowest BCUT2D eigenvalue weighted by molar-refractivity contribution is -0.115. The van der Waals surface area contributed by atoms with E-state index in [0.29, 0.717) is 16.4 Å². The van der Waals surface area contributed by atoms with Crippen LogP contribution in [0.25, 0.3) is 0 Å². The van der Waals surface area contributed by atoms with Crippen molar-refractivity contribution in [2.45, 2.75) is 0 Å². The number of rotatable bonds is 1. The van der Waals surface area contributed by atoms with E-state index in [1.54, 1.807) is 0 Å². The maximum atomic E-state index is 13.2. The molecule has 1 aliphatic rings. The van der Waals surface area contributed by atoms with Crippen molar-refractivity contribution in [2.24, 2.45) is 0 Å². The van der Waals surface area contributed by atoms with Gasteiger partial charge in [-0.05, 0) is 0 Å². The topological polar surface area (TPSA) is 45.2 Å². The van der Waals surface area contributed by atoms with Crippen LogP contribution in [0.4, 0.5) is 23.2 Å². The molecular weight excluding hydrogens is 250 g/mol. The van der Waals surface area contributed by atoms with Crippen LogP contribution in [0, 0.1) is 23.5 Å². The van der Waals surface area contributed by atoms with E-state index in [2.05, 4.69) is 9.71 Å². The Hall–Kier alpha value is -1.35. The number of anilines is 1. The van der Waals surface area contributed by atoms with E-state index in [1.165, 1.54) is 0 Å². The fourth-order valence-electron chi connectivity index (χ4n) is 1.11. The Morgan fingerprint density at radius 1 is 1.19 bits per heavy atom. The number of carbonyl (C=O) groups excluding carboxylic acids is 1. The normalized spacial score (nSPS) is 16.0. The van der Waals surface area contributed by atoms with Gasteiger partial charge in [-0.15, -0.1) is 0 Å². The molecule has 86 valence electrons. The first-order valence-electron chi connectivity index (χ1n) is 3.95. The molecule has 0 unspecified atom stereocenters. The SMILES string of the molecule is O=C1CNSN1c1c(F)c(F)nc(F)c1F. The molecule has 16 heavy (non-hydrogen) atoms. The Labute approximate surface area is 90.9 Å². The molecule has 2 rings (SSSR count). The quantitative estimate of drug-likeness (QED) is 0.463. The summed E-state index contributed by atoms with van der Waals surface area (Å²) in [6.45, 7) is -0.185. The lowest BCUT2D eigenvalue weighted by Gasteiger charge is -2.14. The molecular formula is C7H3F4N3OS. The molecule has 1 aromatic rings. The van der Waals surface area contributed by atoms with E-state index >= 15 is 0 Å². The Balaban J connectivity index is 2.58. The summed E-state index contributed by atoms with van der Waals surface area (Å²) in [4.78, 5) is 13.5. The number of hydrogen-bond donors (Lipinski definition) is 1. The van der Waals surface area contributed by atoms with Gasteiger partial charge in [-0.3, -0.25) is 4.79 Å². The van der Waals surface area contributed by atoms with Crippen LogP contribution in [0.15, 0.2) is 0 Å². The van der Waals surface area contributed by atoms with Crippen LogP contribution < -0.4 is 9.03 Å². The van der Waals surface area contributed by atoms with Gasteiger partial charge in [0.05, 0.1) is 6.54 Å². The van der Waals surface area contributed by atoms with Gasteiger partial charge in [-0.1, -0.05) is 0 Å². The third-order valence-corrected chi connectivity index (χ3v) is 2.63. The molecule has 0 aromatic carbocycles. The minimum Gasteiger partial charge on any atom is -0.272 e. The highest BCUT2D eigenvalue weighted by Crippen LogP contribution is 2.31. The van der Waals surface area contributed by atoms with Crippen LogP contribution in [-0.2, 0) is 4.79 Å². The van der Waals surface area contributed by atoms with Gasteiger partial charge in [0.2, 0.25) is 11.6 Å². The van der Waals surface area contributed by atoms with Crippen LogP contribution in [0.2, 0.25) is 0 Å². The Morgan fingerprint density at radius 3 is 2.19 bits per heavy atom. The number of carbonyl (C=O) groups is 1. The average Bonchev–Trinajstić information content (AvgIpc) is 2.63. The molecule has 1 fully saturated rings. The fourth-order valence-corrected chi connectivity index (χ4v) is 1.84. The summed E-state index contributed by atoms with van der Waals surface area (Å²) < 4.78 is 54.8. The summed E-state index contributed by atoms with van der Waals surface area (Å²) in [5.41, 5.74) is -1.09. The zero-order valence-corrected chi connectivity index (χ0v) is 8.25. The first kappa shape index (κ1) is 11.1. The zero-order valence-electron chi connectivity index (χ0n) is 7.43. The first-order chi connectivity index (χ1) is 7.52. The molecule has 9 heteroatoms. The van der Waals surface area contributed by atoms with E-state index in [4.69, 9.17) is 0 Å². The lowest BCUT2D eigenvalue weighted by atomic mass is 10.3. The standard InChI is InChI=1S/C7H3F4N3OS/c8-3-5(14-2(15)1-12-16-14)4(9)7(11)13-6(3)10/h12H,1H2. The molecule has 2 heterocycles. The number of amides is 1. The summed E-state index contributed by atoms with van der Waals surface area (Å²) in [6, 6.07) is 0. The van der Waals surface area contributed by atoms with Crippen molar-refractivity contribution < 1.29 is 22.4 Å². The van der Waals surface area contributed by atoms with Gasteiger partial charge in [-0.25, -0.2) is 9.03 Å². The van der Waals surface area contributed by atoms with Gasteiger partial charge >= 0.3 is 0 Å². The maximum absolute atomic E-state index is 13.2. The molecule has 1 amide bonds. The van der Waals surface area contributed by atoms with Gasteiger partial charge in [0, 0.05) is 12.1 Å². The number of halogens is 4. The minimum atomic E-state index is -1.80. The molecule has 4 nitrogen and oxygen atoms in total. The van der Waals surface area contributed by atoms with Crippen molar-refractivity contribution in [2.75, 3.05) is 10.8 Å². The van der Waals surface area contributed by atoms with Crippen LogP contribution in [0.1, 0.15) is 0 Å². The molecule has 0 aliphatic carbocycles. The molecule has 0 spiro atoms. The minimum absolute atomic E-state index is 0.185. The molecule has 1 aliphatic heterocycles. The summed E-state index contributed by atoms with van der Waals surface area (Å²) in [5.74, 6) is -7.72. The maximum Gasteiger partial charge on any atom is 0.254 e. The second-order valence-corrected chi connectivity index (χ2v) is 3.61. The van der Waals surface area contributed by atoms with Gasteiger partial charge in [0.25, 0.3) is 17.8 Å². The van der Waals surface area contributed by atoms with Crippen LogP contribution >= 0.6 is 12.1 Å². The molecule has 0 bridgehead atoms. The highest BCUT2D eigenvalue weighted by atomic mass is 32.2. The van der Waals surface area contributed by atoms with Crippen molar-refractivity contribution in [3.63, 3.8) is 0 Å². The third-order valence-electron chi connectivity index (χ3n) is 1.78. The van der Waals surface area contributed by atoms with Crippen molar-refractivity contribution in [1.29, 1.82) is 0 Å². The predicted molar refractivity (Wildman–Crippen MR) is 47.1 cm³/mol. The van der Waals surface area contributed by atoms with Gasteiger partial charge < -0.3 is 0 Å². The lowest BCUT2D eigenvalue weighted by Crippen LogP contribution is -2.23. The Kier molecular flexibility index (Phi) is 2.72. The summed E-state index contributed by atoms with van der Waals surface area (Å²) in [7, 11) is 0. The van der Waals surface area contributed by atoms with Crippen LogP contribution in [-0.4, -0.2) is 17.4 Å². The predicted octanol–water partition coefficient (Wildman–Crippen LogP) is 1.14. The third kappa shape index (κ3) is 1.61. The number of pyridine rings is 1. The van der Waals surface area contributed by atoms with Crippen molar-refractivity contribution in [1.82, 2.24) is 9.71 Å². The van der Waals surface area contributed by atoms with E-state index < -0.39 is 35.1 Å². The molecule has 0 radical (unpaired) electrons. The summed E-state index contributed by atoms with van der Waals surface area (Å²) in [5, 5.41) is 0. The molecule has 1 saturated heterocycles. The Bertz CT molecular complexity index is 443. The smallest absolute Gasteiger partial charge is 0.254 e. The number of hydrogen-bond acceptors (Lipinski definition) is 4. The number of nitrogens with zero attached hydrogens (tertiary/aromatic N) is 2. The van der Waals surface area contributed by atoms with Crippen molar-refractivity contribution in [3.8, 4) is 0 Å². The second kappa shape index (κ2) is 3.91. The molecule has 1 N–H and O–H groups in total. The van der Waals surface area contributed by atoms with Crippen LogP contribution in [0.5, 0.6) is 0 Å². The fraction of sp³-hybridized carbons (Fsp3) is 0.143. The molecule has 1 aromatic heterocycles. The largest absolute Gasteiger partial charge is 0.272 e. The number of aromatic nitrogens is 1. The highest BCUT2D eigenvalue weighted by molar-refractivity contribution is 8.00. The monoisotopic (exact) mass is 253 g/mol. The van der Waals surface area contributed by atoms with Crippen LogP contribution in [0.3, 0.4) is 0 Å². The first-order valence-corrected chi connectivity index (χ1v) is 4.72. The second-order valence-electron chi connectivity index (χ2n) is 2.77. The van der Waals surface area contributed by atoms with Gasteiger partial charge in [0.1, 0.15) is 5.69 Å². The highest BCUT2D eigenvalue weighted by Gasteiger charge is 2.32. The molecule has 0 atom stereocenters. The number of nitrogens with one attached hydrogen (secondary N) is 1. The van der Waals surface area contributed by atoms with E-state index in [9.17, 15) is 22.4 Å². The summed E-state index contributed by atoms with van der Waals surface area (Å²) in [6.07, 6.45) is 0. The molecule has 0 saturated carbocycles. The van der Waals surface area contributed by atoms with Crippen molar-refractivity contribution >= 4 is 23.7 Å². The van der Waals surface area contributed by atoms with Crippen molar-refractivity contribution in [3.05, 3.63) is 23.5 Å². The van der Waals surface area contributed by atoms with E-state index in [0.717, 1.165) is 0 Å².